The van der Waals surface area contributed by atoms with Crippen LogP contribution in [0.4, 0.5) is 5.69 Å². The number of anilines is 1. The molecule has 3 aromatic rings. The van der Waals surface area contributed by atoms with Crippen molar-refractivity contribution in [2.24, 2.45) is 0 Å². The van der Waals surface area contributed by atoms with E-state index in [-0.39, 0.29) is 5.56 Å². The summed E-state index contributed by atoms with van der Waals surface area (Å²) in [6.45, 7) is 6.25. The van der Waals surface area contributed by atoms with Gasteiger partial charge in [0.2, 0.25) is 0 Å². The van der Waals surface area contributed by atoms with Crippen LogP contribution in [-0.2, 0) is 0 Å². The van der Waals surface area contributed by atoms with Crippen LogP contribution in [0.2, 0.25) is 0 Å². The van der Waals surface area contributed by atoms with Crippen LogP contribution in [0.5, 0.6) is 5.75 Å². The van der Waals surface area contributed by atoms with E-state index in [4.69, 9.17) is 4.74 Å². The second-order valence-corrected chi connectivity index (χ2v) is 6.33. The molecular formula is C21H21N3O4. The first-order chi connectivity index (χ1) is 13.4. The molecule has 7 nitrogen and oxygen atoms in total. The average Bonchev–Trinajstić information content (AvgIpc) is 2.66. The Hall–Kier alpha value is -3.61. The van der Waals surface area contributed by atoms with Crippen LogP contribution < -0.4 is 21.3 Å². The van der Waals surface area contributed by atoms with Crippen molar-refractivity contribution in [3.63, 3.8) is 0 Å². The predicted octanol–water partition coefficient (Wildman–Crippen LogP) is 2.79. The van der Waals surface area contributed by atoms with Crippen molar-refractivity contribution in [1.29, 1.82) is 0 Å². The van der Waals surface area contributed by atoms with Crippen LogP contribution in [-0.4, -0.2) is 22.1 Å². The number of ether oxygens (including phenoxy) is 1. The van der Waals surface area contributed by atoms with E-state index in [2.05, 4.69) is 10.3 Å². The summed E-state index contributed by atoms with van der Waals surface area (Å²) in [7, 11) is 0. The summed E-state index contributed by atoms with van der Waals surface area (Å²) < 4.78 is 6.32. The first-order valence-electron chi connectivity index (χ1n) is 8.87. The lowest BCUT2D eigenvalue weighted by Crippen LogP contribution is -2.38. The summed E-state index contributed by atoms with van der Waals surface area (Å²) in [6, 6.07) is 12.0. The van der Waals surface area contributed by atoms with Crippen LogP contribution in [0.15, 0.2) is 58.3 Å². The predicted molar refractivity (Wildman–Crippen MR) is 108 cm³/mol. The van der Waals surface area contributed by atoms with E-state index in [1.165, 1.54) is 0 Å². The molecule has 144 valence electrons. The summed E-state index contributed by atoms with van der Waals surface area (Å²) in [5.74, 6) is 0.0737. The molecule has 1 aromatic heterocycles. The first-order valence-corrected chi connectivity index (χ1v) is 8.87. The number of amides is 1. The molecule has 0 bridgehead atoms. The molecule has 0 aliphatic carbocycles. The number of aromatic amines is 1. The van der Waals surface area contributed by atoms with Gasteiger partial charge in [0, 0.05) is 11.9 Å². The highest BCUT2D eigenvalue weighted by atomic mass is 16.5. The van der Waals surface area contributed by atoms with E-state index in [9.17, 15) is 14.4 Å². The molecule has 7 heteroatoms. The number of aromatic nitrogens is 2. The summed E-state index contributed by atoms with van der Waals surface area (Å²) in [4.78, 5) is 40.1. The zero-order chi connectivity index (χ0) is 20.3. The van der Waals surface area contributed by atoms with Gasteiger partial charge in [-0.05, 0) is 68.3 Å². The highest BCUT2D eigenvalue weighted by Gasteiger charge is 2.16. The van der Waals surface area contributed by atoms with Gasteiger partial charge in [-0.3, -0.25) is 9.59 Å². The normalized spacial score (nSPS) is 10.5. The molecule has 28 heavy (non-hydrogen) atoms. The number of nitrogens with zero attached hydrogens (tertiary/aromatic N) is 1. The Kier molecular flexibility index (Phi) is 5.44. The molecule has 2 N–H and O–H groups in total. The number of H-pyrrole nitrogens is 1. The fourth-order valence-corrected chi connectivity index (χ4v) is 2.73. The molecule has 1 amide bonds. The third-order valence-corrected chi connectivity index (χ3v) is 4.39. The SMILES string of the molecule is CCOc1ccc(NC(=O)c2c[nH]c(=O)n(-c3ccc(C)c(C)c3)c2=O)cc1. The Labute approximate surface area is 161 Å². The maximum absolute atomic E-state index is 12.8. The summed E-state index contributed by atoms with van der Waals surface area (Å²) in [6.07, 6.45) is 1.13. The molecule has 0 atom stereocenters. The molecule has 0 saturated carbocycles. The van der Waals surface area contributed by atoms with Crippen molar-refractivity contribution >= 4 is 11.6 Å². The largest absolute Gasteiger partial charge is 0.494 e. The van der Waals surface area contributed by atoms with Crippen LogP contribution in [0.1, 0.15) is 28.4 Å². The minimum absolute atomic E-state index is 0.160. The number of hydrogen-bond acceptors (Lipinski definition) is 4. The lowest BCUT2D eigenvalue weighted by molar-refractivity contribution is 0.102. The zero-order valence-electron chi connectivity index (χ0n) is 15.9. The molecular weight excluding hydrogens is 358 g/mol. The third kappa shape index (κ3) is 3.88. The van der Waals surface area contributed by atoms with E-state index in [0.717, 1.165) is 21.9 Å². The standard InChI is InChI=1S/C21H21N3O4/c1-4-28-17-9-6-15(7-10-17)23-19(25)18-12-22-21(27)24(20(18)26)16-8-5-13(2)14(3)11-16/h5-12H,4H2,1-3H3,(H,22,27)(H,23,25). The molecule has 0 spiro atoms. The van der Waals surface area contributed by atoms with Crippen molar-refractivity contribution in [2.75, 3.05) is 11.9 Å². The molecule has 0 unspecified atom stereocenters. The highest BCUT2D eigenvalue weighted by molar-refractivity contribution is 6.03. The molecule has 1 heterocycles. The van der Waals surface area contributed by atoms with Crippen molar-refractivity contribution in [3.05, 3.63) is 86.2 Å². The van der Waals surface area contributed by atoms with Crippen LogP contribution in [0.3, 0.4) is 0 Å². The van der Waals surface area contributed by atoms with Gasteiger partial charge in [0.15, 0.2) is 0 Å². The van der Waals surface area contributed by atoms with Gasteiger partial charge in [0.1, 0.15) is 11.3 Å². The van der Waals surface area contributed by atoms with E-state index >= 15 is 0 Å². The van der Waals surface area contributed by atoms with E-state index < -0.39 is 17.2 Å². The quantitative estimate of drug-likeness (QED) is 0.713. The molecule has 3 rings (SSSR count). The van der Waals surface area contributed by atoms with Crippen LogP contribution in [0, 0.1) is 13.8 Å². The number of carbonyl (C=O) groups excluding carboxylic acids is 1. The second kappa shape index (κ2) is 7.96. The van der Waals surface area contributed by atoms with Crippen molar-refractivity contribution in [2.45, 2.75) is 20.8 Å². The van der Waals surface area contributed by atoms with Gasteiger partial charge in [-0.25, -0.2) is 9.36 Å². The van der Waals surface area contributed by atoms with Crippen molar-refractivity contribution < 1.29 is 9.53 Å². The Morgan fingerprint density at radius 1 is 1.07 bits per heavy atom. The maximum Gasteiger partial charge on any atom is 0.333 e. The van der Waals surface area contributed by atoms with Crippen molar-refractivity contribution in [1.82, 2.24) is 9.55 Å². The first kappa shape index (κ1) is 19.2. The summed E-state index contributed by atoms with van der Waals surface area (Å²) >= 11 is 0. The molecule has 0 aliphatic heterocycles. The van der Waals surface area contributed by atoms with Gasteiger partial charge >= 0.3 is 5.69 Å². The monoisotopic (exact) mass is 379 g/mol. The number of benzene rings is 2. The van der Waals surface area contributed by atoms with Gasteiger partial charge in [-0.15, -0.1) is 0 Å². The second-order valence-electron chi connectivity index (χ2n) is 6.33. The van der Waals surface area contributed by atoms with E-state index in [0.29, 0.717) is 23.7 Å². The number of rotatable bonds is 5. The fourth-order valence-electron chi connectivity index (χ4n) is 2.73. The minimum atomic E-state index is -0.685. The number of carbonyl (C=O) groups is 1. The van der Waals surface area contributed by atoms with Crippen molar-refractivity contribution in [3.8, 4) is 11.4 Å². The molecule has 2 aromatic carbocycles. The Morgan fingerprint density at radius 3 is 2.43 bits per heavy atom. The molecule has 0 radical (unpaired) electrons. The maximum atomic E-state index is 12.8. The summed E-state index contributed by atoms with van der Waals surface area (Å²) in [5, 5.41) is 2.66. The van der Waals surface area contributed by atoms with Crippen LogP contribution >= 0.6 is 0 Å². The Balaban J connectivity index is 1.94. The number of nitrogens with one attached hydrogen (secondary N) is 2. The smallest absolute Gasteiger partial charge is 0.333 e. The highest BCUT2D eigenvalue weighted by Crippen LogP contribution is 2.16. The van der Waals surface area contributed by atoms with Gasteiger partial charge in [-0.2, -0.15) is 0 Å². The van der Waals surface area contributed by atoms with Gasteiger partial charge in [-0.1, -0.05) is 6.07 Å². The third-order valence-electron chi connectivity index (χ3n) is 4.39. The minimum Gasteiger partial charge on any atom is -0.494 e. The number of aryl methyl sites for hydroxylation is 2. The average molecular weight is 379 g/mol. The molecule has 0 saturated heterocycles. The molecule has 0 fully saturated rings. The van der Waals surface area contributed by atoms with Crippen LogP contribution in [0.25, 0.3) is 5.69 Å². The Morgan fingerprint density at radius 2 is 1.79 bits per heavy atom. The van der Waals surface area contributed by atoms with Gasteiger partial charge in [0.25, 0.3) is 11.5 Å². The zero-order valence-corrected chi connectivity index (χ0v) is 15.9. The molecule has 0 aliphatic rings. The lowest BCUT2D eigenvalue weighted by atomic mass is 10.1. The summed E-state index contributed by atoms with van der Waals surface area (Å²) in [5.41, 5.74) is 1.44. The van der Waals surface area contributed by atoms with Gasteiger partial charge in [0.05, 0.1) is 12.3 Å². The number of hydrogen-bond donors (Lipinski definition) is 2. The van der Waals surface area contributed by atoms with Gasteiger partial charge < -0.3 is 15.0 Å². The fraction of sp³-hybridized carbons (Fsp3) is 0.190. The topological polar surface area (TPSA) is 93.2 Å². The lowest BCUT2D eigenvalue weighted by Gasteiger charge is -2.10. The van der Waals surface area contributed by atoms with E-state index in [1.54, 1.807) is 36.4 Å². The Bertz CT molecular complexity index is 1130. The van der Waals surface area contributed by atoms with E-state index in [1.807, 2.05) is 26.8 Å².